The zero-order valence-electron chi connectivity index (χ0n) is 8.82. The number of carbonyl (C=O) groups excluding carboxylic acids is 1. The van der Waals surface area contributed by atoms with Crippen molar-refractivity contribution in [2.45, 2.75) is 15.7 Å². The Morgan fingerprint density at radius 2 is 2.44 bits per heavy atom. The summed E-state index contributed by atoms with van der Waals surface area (Å²) in [6.07, 6.45) is 4.54. The van der Waals surface area contributed by atoms with Crippen LogP contribution in [0, 0.1) is 0 Å². The summed E-state index contributed by atoms with van der Waals surface area (Å²) in [6, 6.07) is 0. The van der Waals surface area contributed by atoms with Gasteiger partial charge in [0.2, 0.25) is 11.8 Å². The number of aliphatic imine (C=N–C) groups is 1. The average molecular weight is 352 g/mol. The van der Waals surface area contributed by atoms with Gasteiger partial charge >= 0.3 is 0 Å². The Kier molecular flexibility index (Phi) is 3.39. The molecule has 0 aromatic rings. The zero-order chi connectivity index (χ0) is 11.8. The molecule has 1 saturated heterocycles. The van der Waals surface area contributed by atoms with Gasteiger partial charge in [0.1, 0.15) is 4.45 Å². The number of alkyl halides is 2. The van der Waals surface area contributed by atoms with Gasteiger partial charge in [-0.3, -0.25) is 4.79 Å². The van der Waals surface area contributed by atoms with E-state index in [2.05, 4.69) is 36.9 Å². The van der Waals surface area contributed by atoms with Crippen molar-refractivity contribution < 1.29 is 9.53 Å². The Morgan fingerprint density at radius 1 is 1.69 bits per heavy atom. The largest absolute Gasteiger partial charge is 0.481 e. The maximum atomic E-state index is 11.9. The molecular weight excluding hydrogens is 340 g/mol. The van der Waals surface area contributed by atoms with Gasteiger partial charge in [-0.05, 0) is 18.6 Å². The number of amides is 1. The van der Waals surface area contributed by atoms with E-state index in [4.69, 9.17) is 4.74 Å². The molecule has 1 fully saturated rings. The number of dihydropyridines is 1. The van der Waals surface area contributed by atoms with Gasteiger partial charge in [-0.2, -0.15) is 0 Å². The molecule has 1 amide bonds. The van der Waals surface area contributed by atoms with E-state index in [0.717, 1.165) is 13.0 Å². The predicted molar refractivity (Wildman–Crippen MR) is 69.2 cm³/mol. The number of hydrogen-bond donors (Lipinski definition) is 0. The van der Waals surface area contributed by atoms with Crippen molar-refractivity contribution in [3.63, 3.8) is 0 Å². The van der Waals surface area contributed by atoms with Crippen LogP contribution in [0.4, 0.5) is 0 Å². The highest BCUT2D eigenvalue weighted by Gasteiger charge is 2.42. The molecule has 0 radical (unpaired) electrons. The van der Waals surface area contributed by atoms with Gasteiger partial charge in [0.25, 0.3) is 0 Å². The third-order valence-corrected chi connectivity index (χ3v) is 4.53. The minimum atomic E-state index is -0.491. The highest BCUT2D eigenvalue weighted by molar-refractivity contribution is 9.10. The van der Waals surface area contributed by atoms with Crippen LogP contribution in [0.25, 0.3) is 0 Å². The number of ether oxygens (including phenoxy) is 1. The normalized spacial score (nSPS) is 34.2. The van der Waals surface area contributed by atoms with Crippen LogP contribution in [0.15, 0.2) is 17.1 Å². The van der Waals surface area contributed by atoms with E-state index in [0.29, 0.717) is 12.4 Å². The molecule has 2 heterocycles. The van der Waals surface area contributed by atoms with Crippen LogP contribution in [0.1, 0.15) is 6.42 Å². The molecule has 0 bridgehead atoms. The Hall–Kier alpha value is -0.360. The molecule has 0 spiro atoms. The van der Waals surface area contributed by atoms with E-state index in [1.807, 2.05) is 6.08 Å². The van der Waals surface area contributed by atoms with Crippen LogP contribution in [0.3, 0.4) is 0 Å². The summed E-state index contributed by atoms with van der Waals surface area (Å²) >= 11 is 6.95. The number of halogens is 2. The fourth-order valence-electron chi connectivity index (χ4n) is 1.82. The Morgan fingerprint density at radius 3 is 2.88 bits per heavy atom. The van der Waals surface area contributed by atoms with E-state index < -0.39 is 4.45 Å². The Balaban J connectivity index is 2.14. The molecule has 0 aromatic carbocycles. The number of carbonyl (C=O) groups is 1. The molecule has 2 aliphatic heterocycles. The first-order valence-electron chi connectivity index (χ1n) is 4.99. The lowest BCUT2D eigenvalue weighted by atomic mass is 10.2. The Labute approximate surface area is 111 Å². The summed E-state index contributed by atoms with van der Waals surface area (Å²) in [6.45, 7) is 1.22. The van der Waals surface area contributed by atoms with Crippen molar-refractivity contribution in [2.75, 3.05) is 20.2 Å². The third kappa shape index (κ3) is 2.05. The van der Waals surface area contributed by atoms with Crippen LogP contribution < -0.4 is 0 Å². The van der Waals surface area contributed by atoms with E-state index >= 15 is 0 Å². The second-order valence-electron chi connectivity index (χ2n) is 3.76. The van der Waals surface area contributed by atoms with Crippen molar-refractivity contribution in [3.8, 4) is 0 Å². The topological polar surface area (TPSA) is 41.9 Å². The monoisotopic (exact) mass is 350 g/mol. The standard InChI is InChI=1S/C10H12Br2N2O2/c1-16-8-2-4-10(12,6-13-8)14-5-3-7(11)9(14)15/h2,4,7H,3,5-6H2,1H3/t7-,10-/m1/s1. The maximum absolute atomic E-state index is 11.9. The van der Waals surface area contributed by atoms with Crippen molar-refractivity contribution >= 4 is 43.7 Å². The smallest absolute Gasteiger partial charge is 0.237 e. The van der Waals surface area contributed by atoms with Crippen LogP contribution in [-0.4, -0.2) is 46.2 Å². The summed E-state index contributed by atoms with van der Waals surface area (Å²) in [5.41, 5.74) is 0. The molecule has 88 valence electrons. The summed E-state index contributed by atoms with van der Waals surface area (Å²) in [5, 5.41) is 0. The van der Waals surface area contributed by atoms with Crippen molar-refractivity contribution in [2.24, 2.45) is 4.99 Å². The number of likely N-dealkylation sites (tertiary alicyclic amines) is 1. The first kappa shape index (κ1) is 12.1. The van der Waals surface area contributed by atoms with Gasteiger partial charge in [-0.25, -0.2) is 4.99 Å². The SMILES string of the molecule is COC1=NC[C@](Br)(N2CC[C@@H](Br)C2=O)C=C1. The molecule has 2 atom stereocenters. The Bertz CT molecular complexity index is 370. The van der Waals surface area contributed by atoms with E-state index in [1.165, 1.54) is 0 Å². The fourth-order valence-corrected chi connectivity index (χ4v) is 2.88. The summed E-state index contributed by atoms with van der Waals surface area (Å²) < 4.78 is 4.53. The minimum Gasteiger partial charge on any atom is -0.481 e. The molecule has 2 rings (SSSR count). The van der Waals surface area contributed by atoms with Crippen LogP contribution in [0.2, 0.25) is 0 Å². The number of hydrogen-bond acceptors (Lipinski definition) is 3. The lowest BCUT2D eigenvalue weighted by Gasteiger charge is -2.34. The van der Waals surface area contributed by atoms with Gasteiger partial charge in [0.05, 0.1) is 18.5 Å². The van der Waals surface area contributed by atoms with E-state index in [-0.39, 0.29) is 10.7 Å². The highest BCUT2D eigenvalue weighted by Crippen LogP contribution is 2.34. The lowest BCUT2D eigenvalue weighted by Crippen LogP contribution is -2.47. The molecule has 0 aliphatic carbocycles. The lowest BCUT2D eigenvalue weighted by molar-refractivity contribution is -0.128. The van der Waals surface area contributed by atoms with Crippen molar-refractivity contribution in [1.29, 1.82) is 0 Å². The van der Waals surface area contributed by atoms with Crippen LogP contribution in [-0.2, 0) is 9.53 Å². The van der Waals surface area contributed by atoms with Crippen molar-refractivity contribution in [3.05, 3.63) is 12.2 Å². The van der Waals surface area contributed by atoms with Gasteiger partial charge in [-0.15, -0.1) is 0 Å². The number of nitrogens with zero attached hydrogens (tertiary/aromatic N) is 2. The maximum Gasteiger partial charge on any atom is 0.237 e. The minimum absolute atomic E-state index is 0.0665. The molecule has 0 unspecified atom stereocenters. The van der Waals surface area contributed by atoms with Gasteiger partial charge in [-0.1, -0.05) is 31.9 Å². The quantitative estimate of drug-likeness (QED) is 0.533. The molecule has 0 saturated carbocycles. The molecule has 0 aromatic heterocycles. The number of rotatable bonds is 1. The molecule has 0 N–H and O–H groups in total. The van der Waals surface area contributed by atoms with Crippen LogP contribution in [0.5, 0.6) is 0 Å². The predicted octanol–water partition coefficient (Wildman–Crippen LogP) is 1.69. The molecule has 6 heteroatoms. The first-order valence-corrected chi connectivity index (χ1v) is 6.70. The zero-order valence-corrected chi connectivity index (χ0v) is 12.0. The molecule has 2 aliphatic rings. The summed E-state index contributed by atoms with van der Waals surface area (Å²) in [5.74, 6) is 0.703. The molecule has 4 nitrogen and oxygen atoms in total. The van der Waals surface area contributed by atoms with E-state index in [9.17, 15) is 4.79 Å². The van der Waals surface area contributed by atoms with Gasteiger partial charge in [0, 0.05) is 6.54 Å². The second kappa shape index (κ2) is 4.49. The summed E-state index contributed by atoms with van der Waals surface area (Å²) in [7, 11) is 1.58. The van der Waals surface area contributed by atoms with Crippen molar-refractivity contribution in [1.82, 2.24) is 4.90 Å². The second-order valence-corrected chi connectivity index (χ2v) is 6.24. The highest BCUT2D eigenvalue weighted by atomic mass is 79.9. The first-order chi connectivity index (χ1) is 7.57. The van der Waals surface area contributed by atoms with E-state index in [1.54, 1.807) is 18.1 Å². The fraction of sp³-hybridized carbons (Fsp3) is 0.600. The van der Waals surface area contributed by atoms with Gasteiger partial charge < -0.3 is 9.64 Å². The third-order valence-electron chi connectivity index (χ3n) is 2.74. The van der Waals surface area contributed by atoms with Gasteiger partial charge in [0.15, 0.2) is 0 Å². The van der Waals surface area contributed by atoms with Crippen LogP contribution >= 0.6 is 31.9 Å². The summed E-state index contributed by atoms with van der Waals surface area (Å²) in [4.78, 5) is 17.9. The average Bonchev–Trinajstić information content (AvgIpc) is 2.61. The molecular formula is C10H12Br2N2O2. The number of methoxy groups -OCH3 is 1. The molecule has 16 heavy (non-hydrogen) atoms.